The summed E-state index contributed by atoms with van der Waals surface area (Å²) < 4.78 is 7.09. The van der Waals surface area contributed by atoms with E-state index in [2.05, 4.69) is 4.98 Å². The minimum absolute atomic E-state index is 0.148. The van der Waals surface area contributed by atoms with Gasteiger partial charge in [0.05, 0.1) is 6.20 Å². The molecule has 0 saturated carbocycles. The van der Waals surface area contributed by atoms with Crippen molar-refractivity contribution in [2.45, 2.75) is 0 Å². The van der Waals surface area contributed by atoms with E-state index in [-0.39, 0.29) is 5.75 Å². The van der Waals surface area contributed by atoms with Crippen LogP contribution >= 0.6 is 0 Å². The molecule has 0 aliphatic heterocycles. The molecule has 5 nitrogen and oxygen atoms in total. The van der Waals surface area contributed by atoms with Crippen molar-refractivity contribution in [1.82, 2.24) is 9.55 Å². The lowest BCUT2D eigenvalue weighted by atomic mass is 10.3. The maximum Gasteiger partial charge on any atom is 0.303 e. The average Bonchev–Trinajstić information content (AvgIpc) is 2.45. The first-order valence-corrected chi connectivity index (χ1v) is 4.41. The molecule has 5 heteroatoms. The van der Waals surface area contributed by atoms with Crippen LogP contribution in [0.15, 0.2) is 30.5 Å². The quantitative estimate of drug-likeness (QED) is 0.779. The Morgan fingerprint density at radius 2 is 2.27 bits per heavy atom. The lowest BCUT2D eigenvalue weighted by Crippen LogP contribution is -1.92. The normalized spacial score (nSPS) is 10.2. The van der Waals surface area contributed by atoms with E-state index in [0.29, 0.717) is 17.6 Å². The van der Waals surface area contributed by atoms with Gasteiger partial charge in [-0.1, -0.05) is 6.07 Å². The summed E-state index contributed by atoms with van der Waals surface area (Å²) in [6.07, 6.45) is 1.65. The molecule has 15 heavy (non-hydrogen) atoms. The zero-order chi connectivity index (χ0) is 10.8. The number of phenols is 1. The van der Waals surface area contributed by atoms with E-state index in [1.54, 1.807) is 36.0 Å². The van der Waals surface area contributed by atoms with Crippen LogP contribution in [0.4, 0.5) is 5.82 Å². The van der Waals surface area contributed by atoms with Gasteiger partial charge in [-0.2, -0.15) is 4.98 Å². The van der Waals surface area contributed by atoms with Crippen molar-refractivity contribution < 1.29 is 9.84 Å². The molecule has 1 aromatic heterocycles. The highest BCUT2D eigenvalue weighted by Gasteiger charge is 2.05. The van der Waals surface area contributed by atoms with Gasteiger partial charge in [-0.3, -0.25) is 0 Å². The Kier molecular flexibility index (Phi) is 2.21. The number of benzene rings is 1. The molecule has 0 amide bonds. The SMILES string of the molecule is Cn1cc(N)nc1Oc1cccc(O)c1. The van der Waals surface area contributed by atoms with Crippen LogP contribution in [0.5, 0.6) is 17.5 Å². The van der Waals surface area contributed by atoms with E-state index in [1.165, 1.54) is 6.07 Å². The van der Waals surface area contributed by atoms with E-state index in [1.807, 2.05) is 0 Å². The molecule has 0 saturated heterocycles. The number of hydrogen-bond donors (Lipinski definition) is 2. The van der Waals surface area contributed by atoms with Crippen LogP contribution in [0, 0.1) is 0 Å². The number of imidazole rings is 1. The first-order chi connectivity index (χ1) is 7.15. The lowest BCUT2D eigenvalue weighted by Gasteiger charge is -2.04. The summed E-state index contributed by atoms with van der Waals surface area (Å²) in [6, 6.07) is 6.88. The molecule has 0 radical (unpaired) electrons. The van der Waals surface area contributed by atoms with Crippen LogP contribution in [-0.4, -0.2) is 14.7 Å². The summed E-state index contributed by atoms with van der Waals surface area (Å²) in [5.74, 6) is 1.06. The number of phenolic OH excluding ortho intramolecular Hbond substituents is 1. The first kappa shape index (κ1) is 9.39. The number of aromatic hydroxyl groups is 1. The molecule has 0 spiro atoms. The van der Waals surface area contributed by atoms with Gasteiger partial charge in [-0.25, -0.2) is 0 Å². The van der Waals surface area contributed by atoms with Crippen LogP contribution in [0.1, 0.15) is 0 Å². The number of hydrogen-bond acceptors (Lipinski definition) is 4. The van der Waals surface area contributed by atoms with Gasteiger partial charge >= 0.3 is 6.01 Å². The highest BCUT2D eigenvalue weighted by Crippen LogP contribution is 2.23. The van der Waals surface area contributed by atoms with Crippen molar-refractivity contribution in [2.75, 3.05) is 5.73 Å². The fourth-order valence-corrected chi connectivity index (χ4v) is 1.22. The van der Waals surface area contributed by atoms with Crippen molar-refractivity contribution >= 4 is 5.82 Å². The summed E-state index contributed by atoms with van der Waals surface area (Å²) in [6.45, 7) is 0. The van der Waals surface area contributed by atoms with Gasteiger partial charge in [-0.05, 0) is 12.1 Å². The monoisotopic (exact) mass is 205 g/mol. The largest absolute Gasteiger partial charge is 0.508 e. The van der Waals surface area contributed by atoms with Crippen molar-refractivity contribution in [2.24, 2.45) is 7.05 Å². The van der Waals surface area contributed by atoms with Crippen molar-refractivity contribution in [3.05, 3.63) is 30.5 Å². The van der Waals surface area contributed by atoms with Crippen LogP contribution in [0.25, 0.3) is 0 Å². The molecule has 0 aliphatic carbocycles. The van der Waals surface area contributed by atoms with Gasteiger partial charge in [0.15, 0.2) is 0 Å². The predicted octanol–water partition coefficient (Wildman–Crippen LogP) is 1.50. The Bertz CT molecular complexity index is 479. The summed E-state index contributed by atoms with van der Waals surface area (Å²) in [7, 11) is 1.78. The van der Waals surface area contributed by atoms with Crippen LogP contribution in [0.2, 0.25) is 0 Å². The Morgan fingerprint density at radius 1 is 1.47 bits per heavy atom. The van der Waals surface area contributed by atoms with Gasteiger partial charge in [0.1, 0.15) is 17.3 Å². The minimum atomic E-state index is 0.148. The van der Waals surface area contributed by atoms with Crippen LogP contribution in [-0.2, 0) is 7.05 Å². The highest BCUT2D eigenvalue weighted by atomic mass is 16.5. The van der Waals surface area contributed by atoms with Crippen molar-refractivity contribution in [1.29, 1.82) is 0 Å². The number of nitrogens with two attached hydrogens (primary N) is 1. The molecule has 1 heterocycles. The van der Waals surface area contributed by atoms with E-state index in [9.17, 15) is 5.11 Å². The molecule has 0 unspecified atom stereocenters. The number of ether oxygens (including phenoxy) is 1. The third-order valence-corrected chi connectivity index (χ3v) is 1.88. The zero-order valence-electron chi connectivity index (χ0n) is 8.21. The zero-order valence-corrected chi connectivity index (χ0v) is 8.21. The molecule has 0 fully saturated rings. The fourth-order valence-electron chi connectivity index (χ4n) is 1.22. The fraction of sp³-hybridized carbons (Fsp3) is 0.100. The number of aryl methyl sites for hydroxylation is 1. The van der Waals surface area contributed by atoms with E-state index >= 15 is 0 Å². The highest BCUT2D eigenvalue weighted by molar-refractivity contribution is 5.35. The summed E-state index contributed by atoms with van der Waals surface area (Å²) in [5.41, 5.74) is 5.50. The number of anilines is 1. The van der Waals surface area contributed by atoms with E-state index in [0.717, 1.165) is 0 Å². The second kappa shape index (κ2) is 3.53. The standard InChI is InChI=1S/C10H11N3O2/c1-13-6-9(11)12-10(13)15-8-4-2-3-7(14)5-8/h2-6,14H,11H2,1H3. The smallest absolute Gasteiger partial charge is 0.303 e. The Balaban J connectivity index is 2.25. The van der Waals surface area contributed by atoms with Crippen molar-refractivity contribution in [3.8, 4) is 17.5 Å². The maximum atomic E-state index is 9.23. The third kappa shape index (κ3) is 2.01. The molecular formula is C10H11N3O2. The summed E-state index contributed by atoms with van der Waals surface area (Å²) >= 11 is 0. The van der Waals surface area contributed by atoms with Gasteiger partial charge < -0.3 is 20.1 Å². The van der Waals surface area contributed by atoms with Gasteiger partial charge in [0.2, 0.25) is 0 Å². The predicted molar refractivity (Wildman–Crippen MR) is 55.8 cm³/mol. The molecule has 2 rings (SSSR count). The molecule has 2 aromatic rings. The van der Waals surface area contributed by atoms with Gasteiger partial charge in [-0.15, -0.1) is 0 Å². The minimum Gasteiger partial charge on any atom is -0.508 e. The third-order valence-electron chi connectivity index (χ3n) is 1.88. The molecular weight excluding hydrogens is 194 g/mol. The summed E-state index contributed by atoms with van der Waals surface area (Å²) in [5, 5.41) is 9.23. The van der Waals surface area contributed by atoms with Crippen LogP contribution in [0.3, 0.4) is 0 Å². The number of nitrogen functional groups attached to an aromatic ring is 1. The molecule has 0 aliphatic rings. The summed E-state index contributed by atoms with van der Waals surface area (Å²) in [4.78, 5) is 3.97. The number of rotatable bonds is 2. The Labute approximate surface area is 86.7 Å². The van der Waals surface area contributed by atoms with Crippen molar-refractivity contribution in [3.63, 3.8) is 0 Å². The molecule has 0 bridgehead atoms. The van der Waals surface area contributed by atoms with Gasteiger partial charge in [0, 0.05) is 13.1 Å². The van der Waals surface area contributed by atoms with E-state index in [4.69, 9.17) is 10.5 Å². The molecule has 3 N–H and O–H groups in total. The second-order valence-electron chi connectivity index (χ2n) is 3.16. The average molecular weight is 205 g/mol. The molecule has 78 valence electrons. The molecule has 1 aromatic carbocycles. The Hall–Kier alpha value is -2.17. The topological polar surface area (TPSA) is 73.3 Å². The first-order valence-electron chi connectivity index (χ1n) is 4.41. The number of aromatic nitrogens is 2. The Morgan fingerprint density at radius 3 is 2.87 bits per heavy atom. The maximum absolute atomic E-state index is 9.23. The van der Waals surface area contributed by atoms with Gasteiger partial charge in [0.25, 0.3) is 0 Å². The lowest BCUT2D eigenvalue weighted by molar-refractivity contribution is 0.417. The number of nitrogens with zero attached hydrogens (tertiary/aromatic N) is 2. The van der Waals surface area contributed by atoms with Crippen LogP contribution < -0.4 is 10.5 Å². The van der Waals surface area contributed by atoms with E-state index < -0.39 is 0 Å². The second-order valence-corrected chi connectivity index (χ2v) is 3.16. The molecule has 0 atom stereocenters.